The highest BCUT2D eigenvalue weighted by atomic mass is 15.2. The van der Waals surface area contributed by atoms with Crippen molar-refractivity contribution in [3.8, 4) is 0 Å². The zero-order chi connectivity index (χ0) is 14.8. The van der Waals surface area contributed by atoms with Crippen LogP contribution in [0, 0.1) is 6.92 Å². The molecule has 0 radical (unpaired) electrons. The first-order chi connectivity index (χ1) is 10.1. The van der Waals surface area contributed by atoms with Gasteiger partial charge in [0.15, 0.2) is 0 Å². The molecule has 0 saturated carbocycles. The van der Waals surface area contributed by atoms with E-state index >= 15 is 0 Å². The highest BCUT2D eigenvalue weighted by Crippen LogP contribution is 2.28. The maximum atomic E-state index is 4.73. The number of aromatic nitrogens is 3. The van der Waals surface area contributed by atoms with E-state index in [1.165, 1.54) is 17.7 Å². The SMILES string of the molecule is CNc1cc(C)nc([C@@H]2CCN(Cc3cnn(C)c3)C2)c1. The molecular formula is C16H23N5. The Hall–Kier alpha value is -1.88. The van der Waals surface area contributed by atoms with Crippen LogP contribution in [0.5, 0.6) is 0 Å². The molecule has 2 aromatic heterocycles. The summed E-state index contributed by atoms with van der Waals surface area (Å²) in [4.78, 5) is 7.22. The number of hydrogen-bond acceptors (Lipinski definition) is 4. The molecule has 3 rings (SSSR count). The van der Waals surface area contributed by atoms with Crippen molar-refractivity contribution in [2.75, 3.05) is 25.5 Å². The van der Waals surface area contributed by atoms with Crippen LogP contribution in [0.25, 0.3) is 0 Å². The van der Waals surface area contributed by atoms with Crippen molar-refractivity contribution in [3.05, 3.63) is 41.5 Å². The molecule has 1 atom stereocenters. The average Bonchev–Trinajstić information content (AvgIpc) is 3.08. The van der Waals surface area contributed by atoms with E-state index in [1.807, 2.05) is 25.0 Å². The van der Waals surface area contributed by atoms with Crippen LogP contribution in [0.3, 0.4) is 0 Å². The Labute approximate surface area is 126 Å². The fourth-order valence-corrected chi connectivity index (χ4v) is 3.08. The summed E-state index contributed by atoms with van der Waals surface area (Å²) in [6.45, 7) is 5.25. The quantitative estimate of drug-likeness (QED) is 0.935. The molecule has 0 bridgehead atoms. The third-order valence-corrected chi connectivity index (χ3v) is 4.12. The van der Waals surface area contributed by atoms with E-state index in [2.05, 4.69) is 40.6 Å². The lowest BCUT2D eigenvalue weighted by molar-refractivity contribution is 0.326. The molecular weight excluding hydrogens is 262 g/mol. The lowest BCUT2D eigenvalue weighted by Gasteiger charge is -2.15. The summed E-state index contributed by atoms with van der Waals surface area (Å²) in [5, 5.41) is 7.46. The molecule has 2 aromatic rings. The standard InChI is InChI=1S/C16H23N5/c1-12-6-15(17-2)7-16(19-12)14-4-5-21(11-14)10-13-8-18-20(3)9-13/h6-9,14H,4-5,10-11H2,1-3H3,(H,17,19)/t14-/m1/s1. The van der Waals surface area contributed by atoms with Crippen LogP contribution in [0.15, 0.2) is 24.5 Å². The van der Waals surface area contributed by atoms with Crippen LogP contribution in [0.1, 0.15) is 29.3 Å². The van der Waals surface area contributed by atoms with Crippen LogP contribution >= 0.6 is 0 Å². The van der Waals surface area contributed by atoms with E-state index in [0.717, 1.165) is 31.0 Å². The van der Waals surface area contributed by atoms with Gasteiger partial charge in [0.2, 0.25) is 0 Å². The van der Waals surface area contributed by atoms with Crippen LogP contribution in [0.2, 0.25) is 0 Å². The molecule has 21 heavy (non-hydrogen) atoms. The largest absolute Gasteiger partial charge is 0.388 e. The molecule has 0 aliphatic carbocycles. The Bertz CT molecular complexity index is 619. The second kappa shape index (κ2) is 5.85. The highest BCUT2D eigenvalue weighted by Gasteiger charge is 2.25. The Morgan fingerprint density at radius 2 is 2.24 bits per heavy atom. The molecule has 1 saturated heterocycles. The number of hydrogen-bond donors (Lipinski definition) is 1. The van der Waals surface area contributed by atoms with Crippen LogP contribution in [0.4, 0.5) is 5.69 Å². The molecule has 5 nitrogen and oxygen atoms in total. The predicted octanol–water partition coefficient (Wildman–Crippen LogP) is 2.15. The number of anilines is 1. The molecule has 1 fully saturated rings. The number of likely N-dealkylation sites (tertiary alicyclic amines) is 1. The third kappa shape index (κ3) is 3.24. The topological polar surface area (TPSA) is 46.0 Å². The maximum absolute atomic E-state index is 4.73. The fourth-order valence-electron chi connectivity index (χ4n) is 3.08. The first-order valence-corrected chi connectivity index (χ1v) is 7.50. The molecule has 5 heteroatoms. The van der Waals surface area contributed by atoms with Gasteiger partial charge in [-0.05, 0) is 32.0 Å². The van der Waals surface area contributed by atoms with Gasteiger partial charge in [-0.25, -0.2) is 0 Å². The second-order valence-electron chi connectivity index (χ2n) is 5.92. The monoisotopic (exact) mass is 285 g/mol. The van der Waals surface area contributed by atoms with Gasteiger partial charge in [0.1, 0.15) is 0 Å². The predicted molar refractivity (Wildman–Crippen MR) is 84.4 cm³/mol. The van der Waals surface area contributed by atoms with Crippen molar-refractivity contribution in [2.45, 2.75) is 25.8 Å². The van der Waals surface area contributed by atoms with Gasteiger partial charge in [-0.1, -0.05) is 0 Å². The van der Waals surface area contributed by atoms with Crippen LogP contribution < -0.4 is 5.32 Å². The first kappa shape index (κ1) is 14.1. The molecule has 0 spiro atoms. The van der Waals surface area contributed by atoms with Gasteiger partial charge in [0, 0.05) is 61.9 Å². The van der Waals surface area contributed by atoms with E-state index in [9.17, 15) is 0 Å². The Morgan fingerprint density at radius 3 is 2.95 bits per heavy atom. The van der Waals surface area contributed by atoms with Crippen LogP contribution in [-0.2, 0) is 13.6 Å². The Morgan fingerprint density at radius 1 is 1.38 bits per heavy atom. The molecule has 0 aromatic carbocycles. The number of nitrogens with zero attached hydrogens (tertiary/aromatic N) is 4. The molecule has 1 aliphatic rings. The summed E-state index contributed by atoms with van der Waals surface area (Å²) in [7, 11) is 3.92. The molecule has 112 valence electrons. The van der Waals surface area contributed by atoms with Gasteiger partial charge in [-0.2, -0.15) is 5.10 Å². The third-order valence-electron chi connectivity index (χ3n) is 4.12. The minimum absolute atomic E-state index is 0.536. The maximum Gasteiger partial charge on any atom is 0.0534 e. The van der Waals surface area contributed by atoms with E-state index in [1.54, 1.807) is 0 Å². The van der Waals surface area contributed by atoms with Crippen molar-refractivity contribution >= 4 is 5.69 Å². The summed E-state index contributed by atoms with van der Waals surface area (Å²) in [5.41, 5.74) is 4.74. The Kier molecular flexibility index (Phi) is 3.92. The number of rotatable bonds is 4. The average molecular weight is 285 g/mol. The molecule has 1 N–H and O–H groups in total. The van der Waals surface area contributed by atoms with E-state index in [0.29, 0.717) is 5.92 Å². The minimum atomic E-state index is 0.536. The zero-order valence-electron chi connectivity index (χ0n) is 13.0. The number of nitrogens with one attached hydrogen (secondary N) is 1. The van der Waals surface area contributed by atoms with Crippen molar-refractivity contribution < 1.29 is 0 Å². The van der Waals surface area contributed by atoms with Gasteiger partial charge in [0.05, 0.1) is 6.20 Å². The lowest BCUT2D eigenvalue weighted by atomic mass is 10.0. The fraction of sp³-hybridized carbons (Fsp3) is 0.500. The van der Waals surface area contributed by atoms with E-state index in [4.69, 9.17) is 4.98 Å². The smallest absolute Gasteiger partial charge is 0.0534 e. The van der Waals surface area contributed by atoms with E-state index < -0.39 is 0 Å². The minimum Gasteiger partial charge on any atom is -0.388 e. The molecule has 1 aliphatic heterocycles. The van der Waals surface area contributed by atoms with Gasteiger partial charge < -0.3 is 5.32 Å². The molecule has 0 amide bonds. The lowest BCUT2D eigenvalue weighted by Crippen LogP contribution is -2.19. The van der Waals surface area contributed by atoms with Crippen LogP contribution in [-0.4, -0.2) is 39.8 Å². The summed E-state index contributed by atoms with van der Waals surface area (Å²) in [6.07, 6.45) is 5.23. The van der Waals surface area contributed by atoms with Gasteiger partial charge in [-0.15, -0.1) is 0 Å². The van der Waals surface area contributed by atoms with Crippen molar-refractivity contribution in [3.63, 3.8) is 0 Å². The van der Waals surface area contributed by atoms with Crippen molar-refractivity contribution in [1.29, 1.82) is 0 Å². The first-order valence-electron chi connectivity index (χ1n) is 7.50. The highest BCUT2D eigenvalue weighted by molar-refractivity contribution is 5.45. The Balaban J connectivity index is 1.67. The van der Waals surface area contributed by atoms with Gasteiger partial charge >= 0.3 is 0 Å². The molecule has 0 unspecified atom stereocenters. The second-order valence-corrected chi connectivity index (χ2v) is 5.92. The van der Waals surface area contributed by atoms with Gasteiger partial charge in [0.25, 0.3) is 0 Å². The summed E-state index contributed by atoms with van der Waals surface area (Å²) < 4.78 is 1.87. The summed E-state index contributed by atoms with van der Waals surface area (Å²) in [5.74, 6) is 0.536. The van der Waals surface area contributed by atoms with Crippen molar-refractivity contribution in [2.24, 2.45) is 7.05 Å². The zero-order valence-corrected chi connectivity index (χ0v) is 13.0. The van der Waals surface area contributed by atoms with Gasteiger partial charge in [-0.3, -0.25) is 14.6 Å². The van der Waals surface area contributed by atoms with E-state index in [-0.39, 0.29) is 0 Å². The molecule has 3 heterocycles. The number of aryl methyl sites for hydroxylation is 2. The van der Waals surface area contributed by atoms with Crippen molar-refractivity contribution in [1.82, 2.24) is 19.7 Å². The summed E-state index contributed by atoms with van der Waals surface area (Å²) >= 11 is 0. The number of pyridine rings is 1. The summed E-state index contributed by atoms with van der Waals surface area (Å²) in [6, 6.07) is 4.27. The normalized spacial score (nSPS) is 19.1.